The first-order valence-corrected chi connectivity index (χ1v) is 19.3. The van der Waals surface area contributed by atoms with Gasteiger partial charge in [-0.1, -0.05) is 159 Å². The van der Waals surface area contributed by atoms with Crippen LogP contribution < -0.4 is 5.32 Å². The van der Waals surface area contributed by atoms with E-state index in [1.54, 1.807) is 6.08 Å². The summed E-state index contributed by atoms with van der Waals surface area (Å²) < 4.78 is 0. The molecule has 0 aliphatic carbocycles. The standard InChI is InChI=1S/C40H75NO4/c1-3-5-7-9-11-13-15-16-17-18-19-20-21-22-24-26-28-30-32-34-39(44)38(36-42)41-40(45)35-37(43)33-31-29-27-25-23-14-12-10-8-6-4-2/h24-27,32,34,37-39,42-44H,3-23,28-31,33,35-36H2,1-2H3,(H,41,45)/b26-24+,27-25-,34-32+. The second-order valence-corrected chi connectivity index (χ2v) is 13.2. The molecule has 0 saturated carbocycles. The van der Waals surface area contributed by atoms with Crippen LogP contribution in [0.2, 0.25) is 0 Å². The fraction of sp³-hybridized carbons (Fsp3) is 0.825. The molecule has 0 fully saturated rings. The highest BCUT2D eigenvalue weighted by Crippen LogP contribution is 2.14. The largest absolute Gasteiger partial charge is 0.394 e. The molecule has 4 N–H and O–H groups in total. The van der Waals surface area contributed by atoms with Crippen molar-refractivity contribution in [3.05, 3.63) is 36.5 Å². The zero-order valence-corrected chi connectivity index (χ0v) is 29.7. The van der Waals surface area contributed by atoms with Gasteiger partial charge in [0.1, 0.15) is 0 Å². The lowest BCUT2D eigenvalue weighted by atomic mass is 10.0. The smallest absolute Gasteiger partial charge is 0.222 e. The van der Waals surface area contributed by atoms with E-state index in [2.05, 4.69) is 43.5 Å². The Hall–Kier alpha value is -1.43. The van der Waals surface area contributed by atoms with Gasteiger partial charge >= 0.3 is 0 Å². The molecule has 0 spiro atoms. The monoisotopic (exact) mass is 634 g/mol. The Morgan fingerprint density at radius 3 is 1.42 bits per heavy atom. The third-order valence-corrected chi connectivity index (χ3v) is 8.65. The normalized spacial score (nSPS) is 14.2. The molecule has 0 bridgehead atoms. The maximum absolute atomic E-state index is 12.3. The summed E-state index contributed by atoms with van der Waals surface area (Å²) in [5.74, 6) is -0.344. The maximum Gasteiger partial charge on any atom is 0.222 e. The van der Waals surface area contributed by atoms with Crippen molar-refractivity contribution in [2.75, 3.05) is 6.61 Å². The van der Waals surface area contributed by atoms with E-state index in [9.17, 15) is 20.1 Å². The second-order valence-electron chi connectivity index (χ2n) is 13.2. The number of carbonyl (C=O) groups excluding carboxylic acids is 1. The van der Waals surface area contributed by atoms with Gasteiger partial charge in [-0.2, -0.15) is 0 Å². The Morgan fingerprint density at radius 1 is 0.556 bits per heavy atom. The van der Waals surface area contributed by atoms with Crippen LogP contribution in [0.25, 0.3) is 0 Å². The summed E-state index contributed by atoms with van der Waals surface area (Å²) in [5, 5.41) is 33.0. The number of unbranched alkanes of at least 4 members (excludes halogenated alkanes) is 21. The lowest BCUT2D eigenvalue weighted by molar-refractivity contribution is -0.124. The van der Waals surface area contributed by atoms with Crippen LogP contribution in [-0.4, -0.2) is 46.1 Å². The lowest BCUT2D eigenvalue weighted by Gasteiger charge is -2.20. The van der Waals surface area contributed by atoms with Gasteiger partial charge in [0.15, 0.2) is 0 Å². The number of hydrogen-bond donors (Lipinski definition) is 4. The number of allylic oxidation sites excluding steroid dienone is 5. The number of nitrogens with one attached hydrogen (secondary N) is 1. The van der Waals surface area contributed by atoms with E-state index in [-0.39, 0.29) is 18.9 Å². The Kier molecular flexibility index (Phi) is 34.3. The van der Waals surface area contributed by atoms with Crippen LogP contribution in [0.15, 0.2) is 36.5 Å². The van der Waals surface area contributed by atoms with Crippen molar-refractivity contribution >= 4 is 5.91 Å². The van der Waals surface area contributed by atoms with Crippen molar-refractivity contribution < 1.29 is 20.1 Å². The molecule has 0 aromatic carbocycles. The summed E-state index contributed by atoms with van der Waals surface area (Å²) in [6, 6.07) is -0.767. The third-order valence-electron chi connectivity index (χ3n) is 8.65. The first kappa shape index (κ1) is 43.6. The molecule has 3 unspecified atom stereocenters. The van der Waals surface area contributed by atoms with Crippen LogP contribution in [0.3, 0.4) is 0 Å². The Labute approximate surface area is 279 Å². The van der Waals surface area contributed by atoms with Crippen LogP contribution in [0, 0.1) is 0 Å². The number of hydrogen-bond acceptors (Lipinski definition) is 4. The molecule has 0 aliphatic rings. The van der Waals surface area contributed by atoms with Gasteiger partial charge in [-0.3, -0.25) is 4.79 Å². The summed E-state index contributed by atoms with van der Waals surface area (Å²) in [4.78, 5) is 12.3. The molecule has 45 heavy (non-hydrogen) atoms. The van der Waals surface area contributed by atoms with E-state index < -0.39 is 18.2 Å². The van der Waals surface area contributed by atoms with Crippen molar-refractivity contribution in [1.82, 2.24) is 5.32 Å². The van der Waals surface area contributed by atoms with Crippen molar-refractivity contribution in [3.63, 3.8) is 0 Å². The van der Waals surface area contributed by atoms with Gasteiger partial charge < -0.3 is 20.6 Å². The van der Waals surface area contributed by atoms with E-state index in [1.165, 1.54) is 122 Å². The van der Waals surface area contributed by atoms with Crippen LogP contribution in [0.4, 0.5) is 0 Å². The van der Waals surface area contributed by atoms with Crippen molar-refractivity contribution in [3.8, 4) is 0 Å². The van der Waals surface area contributed by atoms with E-state index in [0.717, 1.165) is 38.5 Å². The van der Waals surface area contributed by atoms with Gasteiger partial charge in [-0.15, -0.1) is 0 Å². The number of amides is 1. The summed E-state index contributed by atoms with van der Waals surface area (Å²) in [7, 11) is 0. The Balaban J connectivity index is 3.79. The van der Waals surface area contributed by atoms with E-state index in [1.807, 2.05) is 6.08 Å². The first-order valence-electron chi connectivity index (χ1n) is 19.3. The zero-order valence-electron chi connectivity index (χ0n) is 29.7. The predicted octanol–water partition coefficient (Wildman–Crippen LogP) is 10.4. The molecular weight excluding hydrogens is 558 g/mol. The average Bonchev–Trinajstić information content (AvgIpc) is 3.03. The van der Waals surface area contributed by atoms with Crippen LogP contribution in [0.1, 0.15) is 187 Å². The van der Waals surface area contributed by atoms with Gasteiger partial charge in [0.25, 0.3) is 0 Å². The molecule has 0 radical (unpaired) electrons. The van der Waals surface area contributed by atoms with E-state index in [0.29, 0.717) is 6.42 Å². The minimum absolute atomic E-state index is 0.0154. The van der Waals surface area contributed by atoms with E-state index >= 15 is 0 Å². The van der Waals surface area contributed by atoms with Crippen molar-refractivity contribution in [1.29, 1.82) is 0 Å². The summed E-state index contributed by atoms with van der Waals surface area (Å²) >= 11 is 0. The minimum Gasteiger partial charge on any atom is -0.394 e. The number of aliphatic hydroxyl groups is 3. The molecule has 5 heteroatoms. The number of aliphatic hydroxyl groups excluding tert-OH is 3. The molecular formula is C40H75NO4. The molecule has 0 aromatic rings. The third kappa shape index (κ3) is 32.3. The summed E-state index contributed by atoms with van der Waals surface area (Å²) in [6.45, 7) is 4.16. The minimum atomic E-state index is -0.956. The number of carbonyl (C=O) groups is 1. The average molecular weight is 634 g/mol. The fourth-order valence-corrected chi connectivity index (χ4v) is 5.65. The highest BCUT2D eigenvalue weighted by atomic mass is 16.3. The predicted molar refractivity (Wildman–Crippen MR) is 194 cm³/mol. The van der Waals surface area contributed by atoms with Crippen LogP contribution in [-0.2, 0) is 4.79 Å². The molecule has 0 heterocycles. The molecule has 1 amide bonds. The van der Waals surface area contributed by atoms with Crippen LogP contribution >= 0.6 is 0 Å². The number of rotatable bonds is 34. The van der Waals surface area contributed by atoms with Gasteiger partial charge in [0, 0.05) is 0 Å². The fourth-order valence-electron chi connectivity index (χ4n) is 5.65. The topological polar surface area (TPSA) is 89.8 Å². The molecule has 3 atom stereocenters. The first-order chi connectivity index (χ1) is 22.0. The maximum atomic E-state index is 12.3. The Bertz CT molecular complexity index is 704. The van der Waals surface area contributed by atoms with Gasteiger partial charge in [0.05, 0.1) is 31.3 Å². The lowest BCUT2D eigenvalue weighted by Crippen LogP contribution is -2.45. The molecule has 0 aromatic heterocycles. The van der Waals surface area contributed by atoms with Crippen molar-refractivity contribution in [2.45, 2.75) is 205 Å². The molecule has 0 aliphatic heterocycles. The summed E-state index contributed by atoms with van der Waals surface area (Å²) in [5.41, 5.74) is 0. The highest BCUT2D eigenvalue weighted by Gasteiger charge is 2.19. The summed E-state index contributed by atoms with van der Waals surface area (Å²) in [6.07, 6.45) is 42.8. The highest BCUT2D eigenvalue weighted by molar-refractivity contribution is 5.76. The quantitative estimate of drug-likeness (QED) is 0.0419. The zero-order chi connectivity index (χ0) is 33.1. The molecule has 0 rings (SSSR count). The molecule has 0 saturated heterocycles. The van der Waals surface area contributed by atoms with Gasteiger partial charge in [0.2, 0.25) is 5.91 Å². The second kappa shape index (κ2) is 35.4. The van der Waals surface area contributed by atoms with Gasteiger partial charge in [-0.25, -0.2) is 0 Å². The van der Waals surface area contributed by atoms with E-state index in [4.69, 9.17) is 0 Å². The molecule has 264 valence electrons. The Morgan fingerprint density at radius 2 is 0.956 bits per heavy atom. The molecule has 5 nitrogen and oxygen atoms in total. The SMILES string of the molecule is CCCCCCCC/C=C\CCCC(O)CC(=O)NC(CO)C(O)/C=C/CC/C=C/CCCCCCCCCCCCCCC. The van der Waals surface area contributed by atoms with Crippen molar-refractivity contribution in [2.24, 2.45) is 0 Å². The van der Waals surface area contributed by atoms with Crippen LogP contribution in [0.5, 0.6) is 0 Å². The van der Waals surface area contributed by atoms with Gasteiger partial charge in [-0.05, 0) is 57.8 Å².